The molecular weight excluding hydrogens is 188 g/mol. The Kier molecular flexibility index (Phi) is 1.98. The largest absolute Gasteiger partial charge is 0.392 e. The van der Waals surface area contributed by atoms with Crippen LogP contribution in [0.5, 0.6) is 0 Å². The fourth-order valence-electron chi connectivity index (χ4n) is 1.39. The minimum absolute atomic E-state index is 0.0403. The van der Waals surface area contributed by atoms with Crippen molar-refractivity contribution in [2.45, 2.75) is 13.5 Å². The summed E-state index contributed by atoms with van der Waals surface area (Å²) in [5.41, 5.74) is 2.42. The number of aliphatic hydroxyl groups is 1. The number of aromatic nitrogens is 2. The zero-order valence-corrected chi connectivity index (χ0v) is 7.89. The molecule has 0 spiro atoms. The van der Waals surface area contributed by atoms with Crippen molar-refractivity contribution >= 4 is 22.6 Å². The summed E-state index contributed by atoms with van der Waals surface area (Å²) in [5, 5.41) is 9.67. The molecule has 4 heteroatoms. The van der Waals surface area contributed by atoms with E-state index in [-0.39, 0.29) is 6.61 Å². The molecule has 1 aromatic heterocycles. The van der Waals surface area contributed by atoms with Gasteiger partial charge in [0, 0.05) is 10.6 Å². The van der Waals surface area contributed by atoms with Crippen LogP contribution in [0.1, 0.15) is 11.4 Å². The summed E-state index contributed by atoms with van der Waals surface area (Å²) < 4.78 is 0. The maximum absolute atomic E-state index is 9.06. The monoisotopic (exact) mass is 196 g/mol. The fourth-order valence-corrected chi connectivity index (χ4v) is 1.63. The predicted molar refractivity (Wildman–Crippen MR) is 51.8 cm³/mol. The van der Waals surface area contributed by atoms with Crippen LogP contribution in [0.4, 0.5) is 0 Å². The lowest BCUT2D eigenvalue weighted by Gasteiger charge is -1.97. The van der Waals surface area contributed by atoms with Crippen LogP contribution in [0, 0.1) is 6.92 Å². The molecule has 0 radical (unpaired) electrons. The molecule has 1 heterocycles. The van der Waals surface area contributed by atoms with Crippen molar-refractivity contribution in [3.8, 4) is 0 Å². The van der Waals surface area contributed by atoms with Crippen LogP contribution >= 0.6 is 11.6 Å². The van der Waals surface area contributed by atoms with Crippen LogP contribution in [0.25, 0.3) is 11.0 Å². The van der Waals surface area contributed by atoms with Crippen molar-refractivity contribution in [3.63, 3.8) is 0 Å². The average Bonchev–Trinajstić information content (AvgIpc) is 2.43. The third-order valence-electron chi connectivity index (χ3n) is 1.92. The van der Waals surface area contributed by atoms with E-state index < -0.39 is 0 Å². The number of aryl methyl sites for hydroxylation is 1. The number of hydrogen-bond acceptors (Lipinski definition) is 2. The molecule has 2 rings (SSSR count). The van der Waals surface area contributed by atoms with Crippen LogP contribution in [0.15, 0.2) is 12.1 Å². The molecule has 2 aromatic rings. The number of nitrogens with zero attached hydrogens (tertiary/aromatic N) is 1. The van der Waals surface area contributed by atoms with Crippen LogP contribution in [-0.4, -0.2) is 15.1 Å². The Labute approximate surface area is 80.4 Å². The molecule has 0 saturated carbocycles. The minimum atomic E-state index is -0.0403. The summed E-state index contributed by atoms with van der Waals surface area (Å²) in [6, 6.07) is 3.53. The average molecular weight is 197 g/mol. The number of hydrogen-bond donors (Lipinski definition) is 2. The minimum Gasteiger partial charge on any atom is -0.392 e. The number of aliphatic hydroxyl groups excluding tert-OH is 1. The summed E-state index contributed by atoms with van der Waals surface area (Å²) in [6.07, 6.45) is 0. The maximum Gasteiger partial charge on any atom is 0.104 e. The highest BCUT2D eigenvalue weighted by Gasteiger charge is 2.05. The van der Waals surface area contributed by atoms with E-state index in [9.17, 15) is 0 Å². The Hall–Kier alpha value is -1.06. The number of fused-ring (bicyclic) bond motifs is 1. The molecule has 0 bridgehead atoms. The number of halogens is 1. The summed E-state index contributed by atoms with van der Waals surface area (Å²) in [7, 11) is 0. The van der Waals surface area contributed by atoms with Gasteiger partial charge in [-0.25, -0.2) is 4.98 Å². The molecule has 2 N–H and O–H groups in total. The summed E-state index contributed by atoms with van der Waals surface area (Å²) >= 11 is 5.85. The summed E-state index contributed by atoms with van der Waals surface area (Å²) in [5.74, 6) is 0.826. The van der Waals surface area contributed by atoms with E-state index in [4.69, 9.17) is 16.7 Å². The molecule has 3 nitrogen and oxygen atoms in total. The molecule has 1 aromatic carbocycles. The zero-order valence-electron chi connectivity index (χ0n) is 7.13. The zero-order chi connectivity index (χ0) is 9.42. The lowest BCUT2D eigenvalue weighted by Crippen LogP contribution is -1.85. The van der Waals surface area contributed by atoms with Crippen LogP contribution in [0.3, 0.4) is 0 Å². The fraction of sp³-hybridized carbons (Fsp3) is 0.222. The third-order valence-corrected chi connectivity index (χ3v) is 2.14. The van der Waals surface area contributed by atoms with Crippen molar-refractivity contribution in [2.75, 3.05) is 0 Å². The van der Waals surface area contributed by atoms with E-state index in [1.807, 2.05) is 6.92 Å². The first-order chi connectivity index (χ1) is 6.20. The third kappa shape index (κ3) is 1.41. The standard InChI is InChI=1S/C9H9ClN2O/c1-5-11-8-3-7(10)2-6(4-13)9(8)12-5/h2-3,13H,4H2,1H3,(H,11,12). The van der Waals surface area contributed by atoms with Gasteiger partial charge >= 0.3 is 0 Å². The normalized spacial score (nSPS) is 11.0. The van der Waals surface area contributed by atoms with E-state index in [1.54, 1.807) is 12.1 Å². The quantitative estimate of drug-likeness (QED) is 0.733. The first-order valence-corrected chi connectivity index (χ1v) is 4.34. The van der Waals surface area contributed by atoms with E-state index in [2.05, 4.69) is 9.97 Å². The SMILES string of the molecule is Cc1nc2c(CO)cc(Cl)cc2[nH]1. The number of benzene rings is 1. The van der Waals surface area contributed by atoms with Crippen molar-refractivity contribution in [3.05, 3.63) is 28.5 Å². The van der Waals surface area contributed by atoms with Gasteiger partial charge < -0.3 is 10.1 Å². The second-order valence-corrected chi connectivity index (χ2v) is 3.38. The number of H-pyrrole nitrogens is 1. The van der Waals surface area contributed by atoms with E-state index in [0.29, 0.717) is 5.02 Å². The van der Waals surface area contributed by atoms with E-state index >= 15 is 0 Å². The molecule has 0 saturated heterocycles. The van der Waals surface area contributed by atoms with E-state index in [1.165, 1.54) is 0 Å². The topological polar surface area (TPSA) is 48.9 Å². The van der Waals surface area contributed by atoms with Gasteiger partial charge in [0.15, 0.2) is 0 Å². The Bertz CT molecular complexity index is 450. The Morgan fingerprint density at radius 1 is 1.54 bits per heavy atom. The van der Waals surface area contributed by atoms with Gasteiger partial charge in [0.05, 0.1) is 17.6 Å². The molecule has 0 fully saturated rings. The highest BCUT2D eigenvalue weighted by molar-refractivity contribution is 6.31. The molecule has 0 atom stereocenters. The second-order valence-electron chi connectivity index (χ2n) is 2.94. The number of nitrogens with one attached hydrogen (secondary N) is 1. The molecule has 0 amide bonds. The van der Waals surface area contributed by atoms with Crippen molar-refractivity contribution in [1.29, 1.82) is 0 Å². The highest BCUT2D eigenvalue weighted by atomic mass is 35.5. The molecule has 13 heavy (non-hydrogen) atoms. The lowest BCUT2D eigenvalue weighted by atomic mass is 10.2. The van der Waals surface area contributed by atoms with Gasteiger partial charge in [-0.05, 0) is 19.1 Å². The smallest absolute Gasteiger partial charge is 0.104 e. The van der Waals surface area contributed by atoms with Crippen LogP contribution in [0.2, 0.25) is 5.02 Å². The Balaban J connectivity index is 2.80. The molecule has 0 unspecified atom stereocenters. The maximum atomic E-state index is 9.06. The van der Waals surface area contributed by atoms with Gasteiger partial charge in [0.1, 0.15) is 5.82 Å². The molecule has 0 aliphatic carbocycles. The molecule has 0 aliphatic heterocycles. The van der Waals surface area contributed by atoms with Gasteiger partial charge in [-0.1, -0.05) is 11.6 Å². The second kappa shape index (κ2) is 3.01. The number of aromatic amines is 1. The number of rotatable bonds is 1. The van der Waals surface area contributed by atoms with E-state index in [0.717, 1.165) is 22.4 Å². The summed E-state index contributed by atoms with van der Waals surface area (Å²) in [6.45, 7) is 1.83. The predicted octanol–water partition coefficient (Wildman–Crippen LogP) is 2.02. The first kappa shape index (κ1) is 8.53. The Morgan fingerprint density at radius 2 is 2.31 bits per heavy atom. The van der Waals surface area contributed by atoms with Crippen molar-refractivity contribution in [2.24, 2.45) is 0 Å². The van der Waals surface area contributed by atoms with Crippen molar-refractivity contribution < 1.29 is 5.11 Å². The first-order valence-electron chi connectivity index (χ1n) is 3.96. The van der Waals surface area contributed by atoms with Gasteiger partial charge in [0.25, 0.3) is 0 Å². The molecular formula is C9H9ClN2O. The highest BCUT2D eigenvalue weighted by Crippen LogP contribution is 2.22. The van der Waals surface area contributed by atoms with Gasteiger partial charge in [-0.15, -0.1) is 0 Å². The molecule has 0 aliphatic rings. The van der Waals surface area contributed by atoms with Gasteiger partial charge in [-0.3, -0.25) is 0 Å². The van der Waals surface area contributed by atoms with Crippen LogP contribution in [-0.2, 0) is 6.61 Å². The lowest BCUT2D eigenvalue weighted by molar-refractivity contribution is 0.283. The summed E-state index contributed by atoms with van der Waals surface area (Å²) in [4.78, 5) is 7.32. The van der Waals surface area contributed by atoms with Crippen LogP contribution < -0.4 is 0 Å². The van der Waals surface area contributed by atoms with Gasteiger partial charge in [-0.2, -0.15) is 0 Å². The van der Waals surface area contributed by atoms with Gasteiger partial charge in [0.2, 0.25) is 0 Å². The van der Waals surface area contributed by atoms with Crippen molar-refractivity contribution in [1.82, 2.24) is 9.97 Å². The molecule has 68 valence electrons. The Morgan fingerprint density at radius 3 is 3.00 bits per heavy atom. The number of imidazole rings is 1.